The van der Waals surface area contributed by atoms with Gasteiger partial charge in [0.05, 0.1) is 30.8 Å². The highest BCUT2D eigenvalue weighted by Gasteiger charge is 2.45. The summed E-state index contributed by atoms with van der Waals surface area (Å²) in [5.74, 6) is 1.28. The number of hydrogen-bond donors (Lipinski definition) is 1. The number of nitrogens with zero attached hydrogens (tertiary/aromatic N) is 3. The van der Waals surface area contributed by atoms with Crippen molar-refractivity contribution in [1.29, 1.82) is 5.26 Å². The smallest absolute Gasteiger partial charge is 0.162 e. The van der Waals surface area contributed by atoms with Crippen LogP contribution in [0.4, 0.5) is 0 Å². The van der Waals surface area contributed by atoms with Crippen LogP contribution in [-0.2, 0) is 9.53 Å². The van der Waals surface area contributed by atoms with Gasteiger partial charge >= 0.3 is 0 Å². The average molecular weight is 471 g/mol. The quantitative estimate of drug-likeness (QED) is 0.705. The molecule has 35 heavy (non-hydrogen) atoms. The number of hydrazine groups is 1. The Hall–Kier alpha value is -3.60. The Morgan fingerprint density at radius 2 is 1.77 bits per heavy atom. The van der Waals surface area contributed by atoms with Gasteiger partial charge in [-0.2, -0.15) is 5.26 Å². The number of rotatable bonds is 4. The lowest BCUT2D eigenvalue weighted by atomic mass is 9.69. The number of benzene rings is 2. The number of morpholine rings is 1. The zero-order valence-corrected chi connectivity index (χ0v) is 20.2. The maximum atomic E-state index is 13.7. The standard InChI is InChI=1S/C28H30N4O3/c1-28(2)16-23-26(24(33)17-28)25(22(18-29)27(30)32(23)31-11-13-34-14-12-31)19-7-6-10-21(15-19)35-20-8-4-3-5-9-20/h3-10,15,25H,11-14,16-17,30H2,1-2H3. The van der Waals surface area contributed by atoms with Crippen LogP contribution in [0.15, 0.2) is 77.3 Å². The number of allylic oxidation sites excluding steroid dienone is 3. The van der Waals surface area contributed by atoms with Crippen molar-refractivity contribution in [1.82, 2.24) is 10.0 Å². The molecule has 0 aromatic heterocycles. The first-order valence-electron chi connectivity index (χ1n) is 12.0. The number of carbonyl (C=O) groups is 1. The Morgan fingerprint density at radius 3 is 2.49 bits per heavy atom. The Labute approximate surface area is 206 Å². The maximum Gasteiger partial charge on any atom is 0.162 e. The lowest BCUT2D eigenvalue weighted by molar-refractivity contribution is -0.119. The van der Waals surface area contributed by atoms with Gasteiger partial charge in [0.15, 0.2) is 5.78 Å². The van der Waals surface area contributed by atoms with E-state index in [0.29, 0.717) is 61.9 Å². The molecule has 7 heteroatoms. The lowest BCUT2D eigenvalue weighted by Gasteiger charge is -2.48. The molecule has 1 unspecified atom stereocenters. The van der Waals surface area contributed by atoms with Crippen LogP contribution >= 0.6 is 0 Å². The number of hydrogen-bond acceptors (Lipinski definition) is 7. The minimum atomic E-state index is -0.532. The molecule has 2 N–H and O–H groups in total. The second kappa shape index (κ2) is 9.21. The summed E-state index contributed by atoms with van der Waals surface area (Å²) >= 11 is 0. The van der Waals surface area contributed by atoms with Crippen molar-refractivity contribution in [2.45, 2.75) is 32.6 Å². The molecule has 7 nitrogen and oxygen atoms in total. The van der Waals surface area contributed by atoms with E-state index in [1.54, 1.807) is 0 Å². The molecule has 5 rings (SSSR count). The summed E-state index contributed by atoms with van der Waals surface area (Å²) in [6, 6.07) is 19.5. The van der Waals surface area contributed by atoms with Crippen molar-refractivity contribution in [3.05, 3.63) is 82.8 Å². The topological polar surface area (TPSA) is 91.8 Å². The van der Waals surface area contributed by atoms with E-state index in [2.05, 4.69) is 24.9 Å². The van der Waals surface area contributed by atoms with Crippen molar-refractivity contribution in [2.24, 2.45) is 11.1 Å². The van der Waals surface area contributed by atoms with Crippen molar-refractivity contribution < 1.29 is 14.3 Å². The van der Waals surface area contributed by atoms with Crippen LogP contribution in [0.1, 0.15) is 38.2 Å². The average Bonchev–Trinajstić information content (AvgIpc) is 2.84. The van der Waals surface area contributed by atoms with E-state index in [-0.39, 0.29) is 11.2 Å². The van der Waals surface area contributed by atoms with Crippen LogP contribution in [0.3, 0.4) is 0 Å². The SMILES string of the molecule is CC1(C)CC(=O)C2=C(C1)N(N1CCOCC1)C(N)=C(C#N)C2c1cccc(Oc2ccccc2)c1. The largest absolute Gasteiger partial charge is 0.457 e. The normalized spacial score (nSPS) is 22.6. The van der Waals surface area contributed by atoms with E-state index < -0.39 is 5.92 Å². The molecule has 2 aromatic carbocycles. The summed E-state index contributed by atoms with van der Waals surface area (Å²) < 4.78 is 11.6. The molecule has 2 heterocycles. The second-order valence-corrected chi connectivity index (χ2v) is 10.0. The van der Waals surface area contributed by atoms with E-state index in [1.165, 1.54) is 0 Å². The third kappa shape index (κ3) is 4.43. The summed E-state index contributed by atoms with van der Waals surface area (Å²) in [5.41, 5.74) is 9.28. The Morgan fingerprint density at radius 1 is 1.06 bits per heavy atom. The number of nitrogens with two attached hydrogens (primary N) is 1. The molecular weight excluding hydrogens is 440 g/mol. The molecule has 0 spiro atoms. The Bertz CT molecular complexity index is 1240. The molecule has 2 aliphatic heterocycles. The summed E-state index contributed by atoms with van der Waals surface area (Å²) in [5, 5.41) is 14.3. The van der Waals surface area contributed by atoms with Crippen LogP contribution in [0.2, 0.25) is 0 Å². The fourth-order valence-corrected chi connectivity index (χ4v) is 5.28. The zero-order valence-electron chi connectivity index (χ0n) is 20.2. The molecule has 1 fully saturated rings. The number of Topliss-reactive ketones (excluding diaryl/α,β-unsaturated/α-hetero) is 1. The van der Waals surface area contributed by atoms with Crippen LogP contribution in [0.25, 0.3) is 0 Å². The van der Waals surface area contributed by atoms with Gasteiger partial charge in [-0.05, 0) is 41.7 Å². The van der Waals surface area contributed by atoms with Gasteiger partial charge in [-0.15, -0.1) is 0 Å². The second-order valence-electron chi connectivity index (χ2n) is 10.0. The maximum absolute atomic E-state index is 13.7. The number of ketones is 1. The number of para-hydroxylation sites is 1. The van der Waals surface area contributed by atoms with E-state index in [0.717, 1.165) is 17.0 Å². The minimum Gasteiger partial charge on any atom is -0.457 e. The highest BCUT2D eigenvalue weighted by molar-refractivity contribution is 6.00. The van der Waals surface area contributed by atoms with E-state index in [9.17, 15) is 10.1 Å². The van der Waals surface area contributed by atoms with Gasteiger partial charge in [-0.1, -0.05) is 44.2 Å². The Kier molecular flexibility index (Phi) is 6.10. The lowest BCUT2D eigenvalue weighted by Crippen LogP contribution is -2.53. The molecule has 0 radical (unpaired) electrons. The predicted octanol–water partition coefficient (Wildman–Crippen LogP) is 4.46. The molecule has 1 atom stereocenters. The van der Waals surface area contributed by atoms with Gasteiger partial charge in [0, 0.05) is 30.8 Å². The number of ether oxygens (including phenoxy) is 2. The van der Waals surface area contributed by atoms with Gasteiger partial charge in [0.2, 0.25) is 0 Å². The first kappa shape index (κ1) is 23.2. The van der Waals surface area contributed by atoms with Crippen molar-refractivity contribution in [3.8, 4) is 17.6 Å². The number of carbonyl (C=O) groups excluding carboxylic acids is 1. The summed E-state index contributed by atoms with van der Waals surface area (Å²) in [7, 11) is 0. The monoisotopic (exact) mass is 470 g/mol. The molecule has 1 saturated heterocycles. The van der Waals surface area contributed by atoms with Crippen LogP contribution in [0, 0.1) is 16.7 Å². The van der Waals surface area contributed by atoms with Crippen LogP contribution < -0.4 is 10.5 Å². The molecule has 0 saturated carbocycles. The van der Waals surface area contributed by atoms with E-state index >= 15 is 0 Å². The highest BCUT2D eigenvalue weighted by atomic mass is 16.5. The fraction of sp³-hybridized carbons (Fsp3) is 0.357. The van der Waals surface area contributed by atoms with E-state index in [4.69, 9.17) is 15.2 Å². The van der Waals surface area contributed by atoms with Crippen molar-refractivity contribution >= 4 is 5.78 Å². The first-order chi connectivity index (χ1) is 16.9. The van der Waals surface area contributed by atoms with Crippen LogP contribution in [0.5, 0.6) is 11.5 Å². The molecule has 3 aliphatic rings. The van der Waals surface area contributed by atoms with E-state index in [1.807, 2.05) is 59.6 Å². The third-order valence-electron chi connectivity index (χ3n) is 6.79. The summed E-state index contributed by atoms with van der Waals surface area (Å²) in [6.45, 7) is 6.66. The minimum absolute atomic E-state index is 0.0640. The molecular formula is C28H30N4O3. The first-order valence-corrected chi connectivity index (χ1v) is 12.0. The summed E-state index contributed by atoms with van der Waals surface area (Å²) in [4.78, 5) is 13.7. The van der Waals surface area contributed by atoms with Crippen LogP contribution in [-0.4, -0.2) is 42.1 Å². The van der Waals surface area contributed by atoms with Crippen molar-refractivity contribution in [3.63, 3.8) is 0 Å². The Balaban J connectivity index is 1.62. The van der Waals surface area contributed by atoms with Gasteiger partial charge in [0.1, 0.15) is 17.3 Å². The molecule has 0 amide bonds. The fourth-order valence-electron chi connectivity index (χ4n) is 5.28. The molecule has 1 aliphatic carbocycles. The van der Waals surface area contributed by atoms with Gasteiger partial charge in [-0.25, -0.2) is 5.01 Å². The van der Waals surface area contributed by atoms with Gasteiger partial charge in [-0.3, -0.25) is 9.80 Å². The van der Waals surface area contributed by atoms with Gasteiger partial charge in [0.25, 0.3) is 0 Å². The molecule has 180 valence electrons. The third-order valence-corrected chi connectivity index (χ3v) is 6.79. The molecule has 0 bridgehead atoms. The zero-order chi connectivity index (χ0) is 24.6. The van der Waals surface area contributed by atoms with Crippen molar-refractivity contribution in [2.75, 3.05) is 26.3 Å². The highest BCUT2D eigenvalue weighted by Crippen LogP contribution is 2.49. The van der Waals surface area contributed by atoms with Gasteiger partial charge < -0.3 is 15.2 Å². The summed E-state index contributed by atoms with van der Waals surface area (Å²) in [6.07, 6.45) is 1.12. The predicted molar refractivity (Wildman–Crippen MR) is 132 cm³/mol. The molecule has 2 aromatic rings. The number of nitriles is 1.